The molecule has 0 saturated carbocycles. The van der Waals surface area contributed by atoms with E-state index in [1.54, 1.807) is 24.4 Å². The fourth-order valence-corrected chi connectivity index (χ4v) is 4.52. The van der Waals surface area contributed by atoms with Crippen LogP contribution in [0.25, 0.3) is 33.2 Å². The van der Waals surface area contributed by atoms with E-state index >= 15 is 0 Å². The maximum absolute atomic E-state index is 13.5. The first kappa shape index (κ1) is 30.9. The first-order valence-electron chi connectivity index (χ1n) is 14.1. The summed E-state index contributed by atoms with van der Waals surface area (Å²) in [4.78, 5) is 7.96. The molecular weight excluding hydrogens is 507 g/mol. The highest BCUT2D eigenvalue weighted by molar-refractivity contribution is 5.99. The third kappa shape index (κ3) is 7.52. The van der Waals surface area contributed by atoms with E-state index in [0.717, 1.165) is 80.7 Å². The highest BCUT2D eigenvalue weighted by atomic mass is 19.1. The fourth-order valence-electron chi connectivity index (χ4n) is 4.52. The van der Waals surface area contributed by atoms with E-state index in [-0.39, 0.29) is 5.82 Å². The molecule has 4 nitrogen and oxygen atoms in total. The number of fused-ring (bicyclic) bond motifs is 1. The van der Waals surface area contributed by atoms with Gasteiger partial charge in [0.25, 0.3) is 0 Å². The highest BCUT2D eigenvalue weighted by Crippen LogP contribution is 2.34. The van der Waals surface area contributed by atoms with Gasteiger partial charge in [0.2, 0.25) is 0 Å². The van der Waals surface area contributed by atoms with Gasteiger partial charge in [-0.2, -0.15) is 0 Å². The summed E-state index contributed by atoms with van der Waals surface area (Å²) in [6, 6.07) is 16.6. The van der Waals surface area contributed by atoms with Gasteiger partial charge >= 0.3 is 0 Å². The van der Waals surface area contributed by atoms with Crippen LogP contribution in [0.15, 0.2) is 110 Å². The number of unbranched alkanes of at least 4 members (excludes halogenated alkanes) is 1. The molecule has 0 amide bonds. The molecule has 41 heavy (non-hydrogen) atoms. The van der Waals surface area contributed by atoms with Crippen LogP contribution in [0.1, 0.15) is 63.8 Å². The lowest BCUT2D eigenvalue weighted by Crippen LogP contribution is -2.10. The van der Waals surface area contributed by atoms with Gasteiger partial charge in [-0.25, -0.2) is 9.37 Å². The number of H-pyrrole nitrogens is 1. The molecule has 0 aliphatic heterocycles. The molecule has 0 spiro atoms. The topological polar surface area (TPSA) is 66.7 Å². The van der Waals surface area contributed by atoms with Crippen LogP contribution >= 0.6 is 0 Å². The zero-order valence-electron chi connectivity index (χ0n) is 24.7. The molecule has 4 aromatic rings. The van der Waals surface area contributed by atoms with Crippen LogP contribution in [-0.4, -0.2) is 9.97 Å². The van der Waals surface area contributed by atoms with Gasteiger partial charge in [-0.1, -0.05) is 77.3 Å². The smallest absolute Gasteiger partial charge is 0.131 e. The number of anilines is 1. The molecule has 0 unspecified atom stereocenters. The number of nitrogen functional groups attached to an aromatic ring is 1. The Hall–Kier alpha value is -4.64. The number of aromatic amines is 1. The average Bonchev–Trinajstić information content (AvgIpc) is 3.44. The molecule has 0 aliphatic rings. The SMILES string of the molecule is C=C/C(=C\C(=C/C)c1cnc(N)c(C(=C)c2cc3c(-c4ccc(F)cc4)cccc3[nH]2)c1)NC(=C)CCCC.CC. The highest BCUT2D eigenvalue weighted by Gasteiger charge is 2.14. The maximum Gasteiger partial charge on any atom is 0.131 e. The minimum atomic E-state index is -0.260. The molecular formula is C36H41FN4. The third-order valence-corrected chi connectivity index (χ3v) is 6.72. The van der Waals surface area contributed by atoms with E-state index in [2.05, 4.69) is 48.0 Å². The van der Waals surface area contributed by atoms with Crippen molar-refractivity contribution in [3.05, 3.63) is 133 Å². The van der Waals surface area contributed by atoms with E-state index in [1.165, 1.54) is 12.1 Å². The summed E-state index contributed by atoms with van der Waals surface area (Å²) in [5.74, 6) is 0.139. The van der Waals surface area contributed by atoms with Crippen LogP contribution in [0.2, 0.25) is 0 Å². The quantitative estimate of drug-likeness (QED) is 0.163. The van der Waals surface area contributed by atoms with Crippen molar-refractivity contribution in [2.24, 2.45) is 0 Å². The number of benzene rings is 2. The van der Waals surface area contributed by atoms with Crippen molar-refractivity contribution < 1.29 is 4.39 Å². The van der Waals surface area contributed by atoms with Crippen molar-refractivity contribution >= 4 is 27.9 Å². The number of halogens is 1. The summed E-state index contributed by atoms with van der Waals surface area (Å²) in [7, 11) is 0. The number of rotatable bonds is 11. The molecule has 0 aliphatic carbocycles. The van der Waals surface area contributed by atoms with Crippen molar-refractivity contribution in [2.45, 2.75) is 47.0 Å². The number of allylic oxidation sites excluding steroid dienone is 5. The predicted molar refractivity (Wildman–Crippen MR) is 176 cm³/mol. The second-order valence-corrected chi connectivity index (χ2v) is 9.47. The van der Waals surface area contributed by atoms with Crippen LogP contribution in [0.4, 0.5) is 10.2 Å². The number of nitrogens with two attached hydrogens (primary N) is 1. The Labute approximate surface area is 243 Å². The zero-order valence-corrected chi connectivity index (χ0v) is 24.7. The molecule has 2 aromatic heterocycles. The number of hydrogen-bond acceptors (Lipinski definition) is 3. The van der Waals surface area contributed by atoms with E-state index < -0.39 is 0 Å². The van der Waals surface area contributed by atoms with Crippen LogP contribution in [-0.2, 0) is 0 Å². The van der Waals surface area contributed by atoms with Gasteiger partial charge in [-0.15, -0.1) is 0 Å². The van der Waals surface area contributed by atoms with Crippen LogP contribution in [0, 0.1) is 5.82 Å². The largest absolute Gasteiger partial charge is 0.383 e. The van der Waals surface area contributed by atoms with E-state index in [0.29, 0.717) is 5.82 Å². The van der Waals surface area contributed by atoms with Gasteiger partial charge in [0, 0.05) is 50.9 Å². The Morgan fingerprint density at radius 2 is 1.83 bits per heavy atom. The number of pyridine rings is 1. The van der Waals surface area contributed by atoms with Crippen molar-refractivity contribution in [3.63, 3.8) is 0 Å². The van der Waals surface area contributed by atoms with E-state index in [4.69, 9.17) is 5.73 Å². The second-order valence-electron chi connectivity index (χ2n) is 9.47. The normalized spacial score (nSPS) is 11.5. The first-order chi connectivity index (χ1) is 19.8. The summed E-state index contributed by atoms with van der Waals surface area (Å²) >= 11 is 0. The molecule has 0 fully saturated rings. The lowest BCUT2D eigenvalue weighted by Gasteiger charge is -2.13. The molecule has 0 radical (unpaired) electrons. The minimum absolute atomic E-state index is 0.260. The van der Waals surface area contributed by atoms with Gasteiger partial charge in [0.1, 0.15) is 11.6 Å². The molecule has 0 bridgehead atoms. The standard InChI is InChI=1S/C34H35FN4.C2H6/c1-6-9-11-22(4)38-28(8-3)18-24(7-2)26-19-30(34(36)37-21-26)23(5)33-20-31-29(12-10-13-32(31)39-33)25-14-16-27(35)17-15-25;1-2/h7-8,10,12-21,38-39H,3-6,9,11H2,1-2H3,(H2,36,37);1-2H3/b24-7+,28-18+;. The summed E-state index contributed by atoms with van der Waals surface area (Å²) in [5, 5.41) is 4.39. The van der Waals surface area contributed by atoms with Gasteiger partial charge in [-0.3, -0.25) is 0 Å². The van der Waals surface area contributed by atoms with Crippen LogP contribution in [0.3, 0.4) is 0 Å². The third-order valence-electron chi connectivity index (χ3n) is 6.72. The zero-order chi connectivity index (χ0) is 29.9. The number of hydrogen-bond donors (Lipinski definition) is 3. The van der Waals surface area contributed by atoms with Gasteiger partial charge in [0.15, 0.2) is 0 Å². The number of aromatic nitrogens is 2. The average molecular weight is 549 g/mol. The lowest BCUT2D eigenvalue weighted by atomic mass is 9.98. The molecule has 4 N–H and O–H groups in total. The lowest BCUT2D eigenvalue weighted by molar-refractivity contribution is 0.628. The molecule has 2 heterocycles. The Balaban J connectivity index is 0.00000226. The molecule has 0 atom stereocenters. The number of nitrogens with zero attached hydrogens (tertiary/aromatic N) is 1. The minimum Gasteiger partial charge on any atom is -0.383 e. The Kier molecular flexibility index (Phi) is 11.0. The summed E-state index contributed by atoms with van der Waals surface area (Å²) < 4.78 is 13.5. The first-order valence-corrected chi connectivity index (χ1v) is 14.1. The molecule has 2 aromatic carbocycles. The van der Waals surface area contributed by atoms with Crippen molar-refractivity contribution in [2.75, 3.05) is 5.73 Å². The maximum atomic E-state index is 13.5. The van der Waals surface area contributed by atoms with E-state index in [9.17, 15) is 4.39 Å². The Morgan fingerprint density at radius 1 is 1.10 bits per heavy atom. The second kappa shape index (κ2) is 14.7. The van der Waals surface area contributed by atoms with Gasteiger partial charge in [0.05, 0.1) is 0 Å². The molecule has 5 heteroatoms. The predicted octanol–water partition coefficient (Wildman–Crippen LogP) is 9.81. The summed E-state index contributed by atoms with van der Waals surface area (Å²) in [6.45, 7) is 20.6. The van der Waals surface area contributed by atoms with Crippen LogP contribution < -0.4 is 11.1 Å². The van der Waals surface area contributed by atoms with Crippen molar-refractivity contribution in [1.29, 1.82) is 0 Å². The number of nitrogens with one attached hydrogen (secondary N) is 2. The summed E-state index contributed by atoms with van der Waals surface area (Å²) in [6.07, 6.45) is 10.7. The fraction of sp³-hybridized carbons (Fsp3) is 0.194. The molecule has 0 saturated heterocycles. The van der Waals surface area contributed by atoms with E-state index in [1.807, 2.05) is 57.2 Å². The van der Waals surface area contributed by atoms with Gasteiger partial charge < -0.3 is 16.0 Å². The Morgan fingerprint density at radius 3 is 2.49 bits per heavy atom. The van der Waals surface area contributed by atoms with Crippen LogP contribution in [0.5, 0.6) is 0 Å². The van der Waals surface area contributed by atoms with Gasteiger partial charge in [-0.05, 0) is 78.9 Å². The molecule has 212 valence electrons. The summed E-state index contributed by atoms with van der Waals surface area (Å²) in [5.41, 5.74) is 15.3. The van der Waals surface area contributed by atoms with Crippen molar-refractivity contribution in [1.82, 2.24) is 15.3 Å². The molecule has 4 rings (SSSR count). The monoisotopic (exact) mass is 548 g/mol. The Bertz CT molecular complexity index is 1590. The van der Waals surface area contributed by atoms with Crippen molar-refractivity contribution in [3.8, 4) is 11.1 Å².